The Hall–Kier alpha value is -0.480. The average Bonchev–Trinajstić information content (AvgIpc) is 2.07. The number of hydrogen-bond acceptors (Lipinski definition) is 0. The molecule has 0 spiro atoms. The van der Waals surface area contributed by atoms with Crippen molar-refractivity contribution in [1.82, 2.24) is 0 Å². The summed E-state index contributed by atoms with van der Waals surface area (Å²) in [6.07, 6.45) is 0.694. The monoisotopic (exact) mass is 284 g/mol. The molecule has 0 atom stereocenters. The van der Waals surface area contributed by atoms with Crippen LogP contribution in [0.3, 0.4) is 0 Å². The van der Waals surface area contributed by atoms with Gasteiger partial charge in [0.1, 0.15) is 0 Å². The Labute approximate surface area is 92.5 Å². The smallest absolute Gasteiger partial charge is 0.204 e. The first-order valence-electron chi connectivity index (χ1n) is 3.59. The van der Waals surface area contributed by atoms with Gasteiger partial charge in [0.15, 0.2) is 5.83 Å². The normalized spacial score (nSPS) is 13.1. The predicted octanol–water partition coefficient (Wildman–Crippen LogP) is 4.59. The second-order valence-electron chi connectivity index (χ2n) is 2.54. The van der Waals surface area contributed by atoms with Crippen molar-refractivity contribution in [2.75, 3.05) is 0 Å². The van der Waals surface area contributed by atoms with Crippen LogP contribution in [-0.4, -0.2) is 5.38 Å². The summed E-state index contributed by atoms with van der Waals surface area (Å²) in [4.78, 5) is 0. The number of benzene rings is 1. The van der Waals surface area contributed by atoms with Crippen molar-refractivity contribution in [3.63, 3.8) is 0 Å². The van der Waals surface area contributed by atoms with Gasteiger partial charge in [0.25, 0.3) is 0 Å². The van der Waals surface area contributed by atoms with Gasteiger partial charge in [-0.15, -0.1) is 0 Å². The van der Waals surface area contributed by atoms with E-state index in [9.17, 15) is 13.2 Å². The van der Waals surface area contributed by atoms with E-state index in [1.165, 1.54) is 12.1 Å². The van der Waals surface area contributed by atoms with E-state index in [-0.39, 0.29) is 0 Å². The van der Waals surface area contributed by atoms with Gasteiger partial charge in [-0.2, -0.15) is 8.78 Å². The van der Waals surface area contributed by atoms with Crippen LogP contribution in [0.15, 0.2) is 34.6 Å². The van der Waals surface area contributed by atoms with Gasteiger partial charge in [-0.1, -0.05) is 28.1 Å². The minimum Gasteiger partial charge on any atom is -0.204 e. The fraction of sp³-hybridized carbons (Fsp3) is 0.111. The maximum Gasteiger partial charge on any atom is 0.373 e. The largest absolute Gasteiger partial charge is 0.373 e. The van der Waals surface area contributed by atoms with Crippen molar-refractivity contribution < 1.29 is 13.2 Å². The summed E-state index contributed by atoms with van der Waals surface area (Å²) >= 11 is 7.64. The first kappa shape index (κ1) is 11.6. The molecule has 0 bridgehead atoms. The maximum absolute atomic E-state index is 12.7. The highest BCUT2D eigenvalue weighted by molar-refractivity contribution is 9.10. The van der Waals surface area contributed by atoms with Gasteiger partial charge in [-0.05, 0) is 35.4 Å². The summed E-state index contributed by atoms with van der Waals surface area (Å²) < 4.78 is 37.8. The second kappa shape index (κ2) is 4.36. The van der Waals surface area contributed by atoms with Crippen LogP contribution in [0.2, 0.25) is 0 Å². The summed E-state index contributed by atoms with van der Waals surface area (Å²) in [5, 5.41) is -3.94. The molecule has 0 aliphatic rings. The van der Waals surface area contributed by atoms with E-state index in [0.717, 1.165) is 4.47 Å². The average molecular weight is 285 g/mol. The zero-order valence-electron chi connectivity index (χ0n) is 6.78. The lowest BCUT2D eigenvalue weighted by Gasteiger charge is -2.03. The molecule has 0 aromatic heterocycles. The van der Waals surface area contributed by atoms with Crippen molar-refractivity contribution >= 4 is 33.6 Å². The molecular formula is C9H5BrClF3. The van der Waals surface area contributed by atoms with Gasteiger partial charge in [0, 0.05) is 4.47 Å². The Morgan fingerprint density at radius 3 is 2.21 bits per heavy atom. The van der Waals surface area contributed by atoms with Gasteiger partial charge < -0.3 is 0 Å². The highest BCUT2D eigenvalue weighted by Crippen LogP contribution is 2.31. The zero-order chi connectivity index (χ0) is 10.8. The molecule has 0 saturated heterocycles. The quantitative estimate of drug-likeness (QED) is 0.697. The lowest BCUT2D eigenvalue weighted by atomic mass is 10.2. The molecule has 5 heteroatoms. The number of allylic oxidation sites excluding steroid dienone is 1. The van der Waals surface area contributed by atoms with Gasteiger partial charge in [-0.3, -0.25) is 0 Å². The molecule has 0 radical (unpaired) electrons. The Morgan fingerprint density at radius 2 is 1.79 bits per heavy atom. The van der Waals surface area contributed by atoms with Crippen LogP contribution in [0.5, 0.6) is 0 Å². The number of halogens is 5. The van der Waals surface area contributed by atoms with Gasteiger partial charge in [-0.25, -0.2) is 4.39 Å². The minimum atomic E-state index is -3.94. The topological polar surface area (TPSA) is 0 Å². The van der Waals surface area contributed by atoms with Crippen molar-refractivity contribution in [3.05, 3.63) is 40.1 Å². The van der Waals surface area contributed by atoms with E-state index < -0.39 is 11.2 Å². The molecule has 0 nitrogen and oxygen atoms in total. The molecule has 0 amide bonds. The molecule has 0 N–H and O–H groups in total. The van der Waals surface area contributed by atoms with Crippen LogP contribution in [0.1, 0.15) is 5.56 Å². The number of rotatable bonds is 2. The third kappa shape index (κ3) is 3.35. The van der Waals surface area contributed by atoms with Crippen molar-refractivity contribution in [3.8, 4) is 0 Å². The Kier molecular flexibility index (Phi) is 3.61. The third-order valence-electron chi connectivity index (χ3n) is 1.43. The molecule has 1 rings (SSSR count). The fourth-order valence-electron chi connectivity index (χ4n) is 0.787. The second-order valence-corrected chi connectivity index (χ2v) is 3.93. The van der Waals surface area contributed by atoms with Crippen LogP contribution < -0.4 is 0 Å². The van der Waals surface area contributed by atoms with Crippen LogP contribution >= 0.6 is 27.5 Å². The Morgan fingerprint density at radius 1 is 1.29 bits per heavy atom. The Balaban J connectivity index is 2.93. The molecule has 1 aromatic rings. The van der Waals surface area contributed by atoms with Crippen LogP contribution in [0, 0.1) is 0 Å². The molecule has 14 heavy (non-hydrogen) atoms. The summed E-state index contributed by atoms with van der Waals surface area (Å²) in [6, 6.07) is 6.22. The van der Waals surface area contributed by atoms with Crippen LogP contribution in [-0.2, 0) is 0 Å². The van der Waals surface area contributed by atoms with Crippen molar-refractivity contribution in [2.45, 2.75) is 5.38 Å². The molecule has 1 aromatic carbocycles. The lowest BCUT2D eigenvalue weighted by Crippen LogP contribution is -2.05. The summed E-state index contributed by atoms with van der Waals surface area (Å²) in [7, 11) is 0. The lowest BCUT2D eigenvalue weighted by molar-refractivity contribution is 0.112. The highest BCUT2D eigenvalue weighted by Gasteiger charge is 2.31. The van der Waals surface area contributed by atoms with Crippen LogP contribution in [0.25, 0.3) is 6.08 Å². The van der Waals surface area contributed by atoms with E-state index in [2.05, 4.69) is 27.5 Å². The predicted molar refractivity (Wildman–Crippen MR) is 54.0 cm³/mol. The molecular weight excluding hydrogens is 280 g/mol. The first-order chi connectivity index (χ1) is 6.39. The molecule has 0 aliphatic heterocycles. The molecule has 0 heterocycles. The first-order valence-corrected chi connectivity index (χ1v) is 4.76. The summed E-state index contributed by atoms with van der Waals surface area (Å²) in [5.41, 5.74) is 0.325. The van der Waals surface area contributed by atoms with Crippen LogP contribution in [0.4, 0.5) is 13.2 Å². The SMILES string of the molecule is F/C(=C/c1ccc(Br)cc1)C(F)(F)Cl. The Bertz CT molecular complexity index is 340. The summed E-state index contributed by atoms with van der Waals surface area (Å²) in [6.45, 7) is 0. The van der Waals surface area contributed by atoms with E-state index in [1.54, 1.807) is 12.1 Å². The molecule has 0 saturated carbocycles. The zero-order valence-corrected chi connectivity index (χ0v) is 9.12. The molecule has 0 aliphatic carbocycles. The molecule has 0 unspecified atom stereocenters. The van der Waals surface area contributed by atoms with E-state index in [1.807, 2.05) is 0 Å². The van der Waals surface area contributed by atoms with Gasteiger partial charge >= 0.3 is 5.38 Å². The van der Waals surface area contributed by atoms with E-state index in [4.69, 9.17) is 0 Å². The van der Waals surface area contributed by atoms with Crippen molar-refractivity contribution in [1.29, 1.82) is 0 Å². The minimum absolute atomic E-state index is 0.325. The number of hydrogen-bond donors (Lipinski definition) is 0. The standard InChI is InChI=1S/C9H5BrClF3/c10-7-3-1-6(2-4-7)5-8(12)9(11,13)14/h1-5H/b8-5+. The maximum atomic E-state index is 12.7. The van der Waals surface area contributed by atoms with Gasteiger partial charge in [0.2, 0.25) is 0 Å². The fourth-order valence-corrected chi connectivity index (χ4v) is 1.11. The highest BCUT2D eigenvalue weighted by atomic mass is 79.9. The van der Waals surface area contributed by atoms with E-state index in [0.29, 0.717) is 11.6 Å². The van der Waals surface area contributed by atoms with E-state index >= 15 is 0 Å². The molecule has 76 valence electrons. The summed E-state index contributed by atoms with van der Waals surface area (Å²) in [5.74, 6) is -1.67. The van der Waals surface area contributed by atoms with Crippen molar-refractivity contribution in [2.24, 2.45) is 0 Å². The third-order valence-corrected chi connectivity index (χ3v) is 2.14. The number of alkyl halides is 3. The van der Waals surface area contributed by atoms with Gasteiger partial charge in [0.05, 0.1) is 0 Å². The molecule has 0 fully saturated rings.